The highest BCUT2D eigenvalue weighted by atomic mass is 19.1. The number of amides is 3. The number of hydrogen-bond donors (Lipinski definition) is 0. The Morgan fingerprint density at radius 3 is 2.41 bits per heavy atom. The fraction of sp³-hybridized carbons (Fsp3) is 0.167. The quantitative estimate of drug-likeness (QED) is 0.661. The number of imide groups is 1. The second-order valence-corrected chi connectivity index (χ2v) is 6.07. The van der Waals surface area contributed by atoms with Gasteiger partial charge in [-0.15, -0.1) is 5.10 Å². The lowest BCUT2D eigenvalue weighted by molar-refractivity contribution is -0.127. The average Bonchev–Trinajstić information content (AvgIpc) is 3.23. The highest BCUT2D eigenvalue weighted by molar-refractivity contribution is 6.13. The summed E-state index contributed by atoms with van der Waals surface area (Å²) in [5.41, 5.74) is 1.17. The summed E-state index contributed by atoms with van der Waals surface area (Å²) in [5.74, 6) is -0.425. The van der Waals surface area contributed by atoms with Crippen molar-refractivity contribution in [2.45, 2.75) is 19.5 Å². The number of rotatable bonds is 4. The molecule has 3 amide bonds. The van der Waals surface area contributed by atoms with E-state index < -0.39 is 17.9 Å². The molecular formula is C18H15FN6O2. The van der Waals surface area contributed by atoms with Crippen LogP contribution in [-0.2, 0) is 11.3 Å². The van der Waals surface area contributed by atoms with Gasteiger partial charge in [-0.05, 0) is 53.7 Å². The van der Waals surface area contributed by atoms with E-state index in [-0.39, 0.29) is 12.5 Å². The number of para-hydroxylation sites is 1. The maximum atomic E-state index is 13.2. The van der Waals surface area contributed by atoms with E-state index in [1.54, 1.807) is 6.92 Å². The maximum Gasteiger partial charge on any atom is 0.332 e. The number of aromatic nitrogens is 4. The first-order valence-electron chi connectivity index (χ1n) is 8.29. The molecule has 1 atom stereocenters. The van der Waals surface area contributed by atoms with E-state index in [2.05, 4.69) is 15.5 Å². The minimum absolute atomic E-state index is 0.0679. The molecule has 9 heteroatoms. The molecule has 1 fully saturated rings. The van der Waals surface area contributed by atoms with Gasteiger partial charge in [0.1, 0.15) is 11.9 Å². The Labute approximate surface area is 153 Å². The van der Waals surface area contributed by atoms with Crippen LogP contribution in [0.1, 0.15) is 12.7 Å². The van der Waals surface area contributed by atoms with Crippen molar-refractivity contribution in [3.63, 3.8) is 0 Å². The molecule has 8 nitrogen and oxygen atoms in total. The summed E-state index contributed by atoms with van der Waals surface area (Å²) in [7, 11) is 0. The predicted octanol–water partition coefficient (Wildman–Crippen LogP) is 2.16. The molecule has 4 rings (SSSR count). The highest BCUT2D eigenvalue weighted by Crippen LogP contribution is 2.27. The molecule has 0 bridgehead atoms. The summed E-state index contributed by atoms with van der Waals surface area (Å²) in [6.45, 7) is 1.56. The van der Waals surface area contributed by atoms with Crippen LogP contribution in [0, 0.1) is 5.82 Å². The van der Waals surface area contributed by atoms with Crippen LogP contribution in [0.3, 0.4) is 0 Å². The van der Waals surface area contributed by atoms with Gasteiger partial charge >= 0.3 is 6.03 Å². The first-order valence-corrected chi connectivity index (χ1v) is 8.29. The molecule has 1 saturated heterocycles. The van der Waals surface area contributed by atoms with Crippen molar-refractivity contribution in [3.8, 4) is 5.69 Å². The second kappa shape index (κ2) is 6.60. The van der Waals surface area contributed by atoms with Gasteiger partial charge in [0.05, 0.1) is 12.2 Å². The summed E-state index contributed by atoms with van der Waals surface area (Å²) in [6, 6.07) is 13.4. The van der Waals surface area contributed by atoms with Gasteiger partial charge < -0.3 is 0 Å². The van der Waals surface area contributed by atoms with Gasteiger partial charge in [-0.2, -0.15) is 4.68 Å². The van der Waals surface area contributed by atoms with Gasteiger partial charge in [-0.25, -0.2) is 9.18 Å². The first-order chi connectivity index (χ1) is 13.1. The Hall–Kier alpha value is -3.62. The lowest BCUT2D eigenvalue weighted by Crippen LogP contribution is -2.34. The van der Waals surface area contributed by atoms with Crippen LogP contribution in [0.5, 0.6) is 0 Å². The van der Waals surface area contributed by atoms with E-state index in [1.807, 2.05) is 30.3 Å². The molecule has 3 aromatic rings. The Bertz CT molecular complexity index is 989. The molecule has 2 heterocycles. The van der Waals surface area contributed by atoms with Crippen molar-refractivity contribution >= 4 is 17.6 Å². The van der Waals surface area contributed by atoms with E-state index in [0.717, 1.165) is 10.6 Å². The number of halogens is 1. The molecule has 136 valence electrons. The third-order valence-corrected chi connectivity index (χ3v) is 4.39. The van der Waals surface area contributed by atoms with Crippen molar-refractivity contribution in [1.82, 2.24) is 25.1 Å². The van der Waals surface area contributed by atoms with Gasteiger partial charge in [0.15, 0.2) is 5.82 Å². The smallest absolute Gasteiger partial charge is 0.282 e. The number of hydrogen-bond acceptors (Lipinski definition) is 5. The van der Waals surface area contributed by atoms with Crippen molar-refractivity contribution < 1.29 is 14.0 Å². The van der Waals surface area contributed by atoms with E-state index in [4.69, 9.17) is 0 Å². The molecule has 0 saturated carbocycles. The van der Waals surface area contributed by atoms with Crippen molar-refractivity contribution in [2.75, 3.05) is 4.90 Å². The number of carbonyl (C=O) groups excluding carboxylic acids is 2. The van der Waals surface area contributed by atoms with E-state index >= 15 is 0 Å². The molecule has 1 unspecified atom stereocenters. The third-order valence-electron chi connectivity index (χ3n) is 4.39. The van der Waals surface area contributed by atoms with Crippen molar-refractivity contribution in [2.24, 2.45) is 0 Å². The fourth-order valence-electron chi connectivity index (χ4n) is 3.02. The second-order valence-electron chi connectivity index (χ2n) is 6.07. The number of anilines is 1. The molecule has 0 radical (unpaired) electrons. The van der Waals surface area contributed by atoms with Gasteiger partial charge in [0.2, 0.25) is 0 Å². The van der Waals surface area contributed by atoms with Gasteiger partial charge in [0.25, 0.3) is 5.91 Å². The van der Waals surface area contributed by atoms with E-state index in [9.17, 15) is 14.0 Å². The molecule has 1 aromatic heterocycles. The van der Waals surface area contributed by atoms with Crippen LogP contribution in [0.15, 0.2) is 54.6 Å². The zero-order valence-corrected chi connectivity index (χ0v) is 14.4. The fourth-order valence-corrected chi connectivity index (χ4v) is 3.02. The lowest BCUT2D eigenvalue weighted by Gasteiger charge is -2.19. The molecule has 2 aromatic carbocycles. The van der Waals surface area contributed by atoms with E-state index in [0.29, 0.717) is 11.5 Å². The number of benzene rings is 2. The Kier molecular flexibility index (Phi) is 4.11. The van der Waals surface area contributed by atoms with Crippen LogP contribution in [0.4, 0.5) is 14.9 Å². The number of tetrazole rings is 1. The Morgan fingerprint density at radius 2 is 1.70 bits per heavy atom. The molecular weight excluding hydrogens is 351 g/mol. The zero-order chi connectivity index (χ0) is 19.0. The van der Waals surface area contributed by atoms with Crippen LogP contribution in [-0.4, -0.2) is 43.1 Å². The number of urea groups is 1. The van der Waals surface area contributed by atoms with Crippen LogP contribution in [0.25, 0.3) is 5.69 Å². The predicted molar refractivity (Wildman–Crippen MR) is 93.4 cm³/mol. The normalized spacial score (nSPS) is 17.0. The van der Waals surface area contributed by atoms with Crippen LogP contribution < -0.4 is 4.90 Å². The van der Waals surface area contributed by atoms with Crippen LogP contribution in [0.2, 0.25) is 0 Å². The van der Waals surface area contributed by atoms with Gasteiger partial charge in [0, 0.05) is 5.69 Å². The summed E-state index contributed by atoms with van der Waals surface area (Å²) in [6.07, 6.45) is 0. The summed E-state index contributed by atoms with van der Waals surface area (Å²) >= 11 is 0. The zero-order valence-electron chi connectivity index (χ0n) is 14.4. The maximum absolute atomic E-state index is 13.2. The topological polar surface area (TPSA) is 84.2 Å². The molecule has 1 aliphatic heterocycles. The minimum Gasteiger partial charge on any atom is -0.282 e. The monoisotopic (exact) mass is 366 g/mol. The molecule has 27 heavy (non-hydrogen) atoms. The molecule has 0 N–H and O–H groups in total. The van der Waals surface area contributed by atoms with Crippen molar-refractivity contribution in [1.29, 1.82) is 0 Å². The standard InChI is InChI=1S/C18H15FN6O2/c1-12-17(26)23(18(27)24(12)14-9-7-13(19)8-10-14)11-16-20-21-22-25(16)15-5-3-2-4-6-15/h2-10,12H,11H2,1H3. The first kappa shape index (κ1) is 16.8. The Morgan fingerprint density at radius 1 is 1.00 bits per heavy atom. The van der Waals surface area contributed by atoms with Gasteiger partial charge in [-0.3, -0.25) is 14.6 Å². The molecule has 1 aliphatic rings. The molecule has 0 aliphatic carbocycles. The third kappa shape index (κ3) is 2.92. The Balaban J connectivity index is 1.62. The number of carbonyl (C=O) groups is 2. The molecule has 0 spiro atoms. The summed E-state index contributed by atoms with van der Waals surface area (Å²) in [5, 5.41) is 11.5. The lowest BCUT2D eigenvalue weighted by atomic mass is 10.2. The van der Waals surface area contributed by atoms with E-state index in [1.165, 1.54) is 33.8 Å². The highest BCUT2D eigenvalue weighted by Gasteiger charge is 2.43. The largest absolute Gasteiger partial charge is 0.332 e. The summed E-state index contributed by atoms with van der Waals surface area (Å²) in [4.78, 5) is 27.9. The SMILES string of the molecule is CC1C(=O)N(Cc2nnnn2-c2ccccc2)C(=O)N1c1ccc(F)cc1. The van der Waals surface area contributed by atoms with Crippen LogP contribution >= 0.6 is 0 Å². The van der Waals surface area contributed by atoms with Crippen molar-refractivity contribution in [3.05, 3.63) is 66.2 Å². The number of nitrogens with zero attached hydrogens (tertiary/aromatic N) is 6. The summed E-state index contributed by atoms with van der Waals surface area (Å²) < 4.78 is 14.7. The average molecular weight is 366 g/mol. The minimum atomic E-state index is -0.705. The van der Waals surface area contributed by atoms with Gasteiger partial charge in [-0.1, -0.05) is 18.2 Å².